The number of aromatic nitrogens is 2. The molecule has 20 heavy (non-hydrogen) atoms. The Balaban J connectivity index is 2.56. The first-order valence-corrected chi connectivity index (χ1v) is 7.14. The number of nitrogens with two attached hydrogens (primary N) is 1. The van der Waals surface area contributed by atoms with E-state index in [1.165, 1.54) is 10.8 Å². The molecular formula is C13H13BrClN3O2. The summed E-state index contributed by atoms with van der Waals surface area (Å²) >= 11 is 9.42. The summed E-state index contributed by atoms with van der Waals surface area (Å²) in [6.45, 7) is 2.34. The van der Waals surface area contributed by atoms with Crippen LogP contribution >= 0.6 is 27.5 Å². The molecule has 2 rings (SSSR count). The van der Waals surface area contributed by atoms with Gasteiger partial charge in [0.05, 0.1) is 6.54 Å². The van der Waals surface area contributed by atoms with Crippen LogP contribution in [0.2, 0.25) is 5.02 Å². The molecule has 106 valence electrons. The maximum absolute atomic E-state index is 12.2. The van der Waals surface area contributed by atoms with E-state index in [0.717, 1.165) is 9.04 Å². The van der Waals surface area contributed by atoms with Crippen molar-refractivity contribution >= 4 is 33.2 Å². The molecule has 1 aromatic heterocycles. The third-order valence-corrected chi connectivity index (χ3v) is 3.79. The summed E-state index contributed by atoms with van der Waals surface area (Å²) in [5.74, 6) is 0. The van der Waals surface area contributed by atoms with Gasteiger partial charge in [0, 0.05) is 22.2 Å². The van der Waals surface area contributed by atoms with Gasteiger partial charge in [0.1, 0.15) is 5.69 Å². The molecule has 5 nitrogen and oxygen atoms in total. The molecule has 0 aliphatic heterocycles. The van der Waals surface area contributed by atoms with Gasteiger partial charge in [-0.05, 0) is 24.6 Å². The van der Waals surface area contributed by atoms with E-state index in [4.69, 9.17) is 17.3 Å². The van der Waals surface area contributed by atoms with Gasteiger partial charge >= 0.3 is 5.69 Å². The maximum atomic E-state index is 12.2. The van der Waals surface area contributed by atoms with Crippen LogP contribution in [0.1, 0.15) is 12.5 Å². The second-order valence-corrected chi connectivity index (χ2v) is 5.60. The van der Waals surface area contributed by atoms with Crippen LogP contribution in [0.25, 0.3) is 0 Å². The Bertz CT molecular complexity index is 767. The minimum Gasteiger partial charge on any atom is -0.393 e. The van der Waals surface area contributed by atoms with Gasteiger partial charge in [-0.15, -0.1) is 0 Å². The van der Waals surface area contributed by atoms with Crippen molar-refractivity contribution in [2.45, 2.75) is 20.0 Å². The van der Waals surface area contributed by atoms with Crippen molar-refractivity contribution in [2.24, 2.45) is 0 Å². The molecular weight excluding hydrogens is 346 g/mol. The van der Waals surface area contributed by atoms with Crippen molar-refractivity contribution in [1.82, 2.24) is 9.13 Å². The van der Waals surface area contributed by atoms with Crippen LogP contribution in [0.15, 0.2) is 38.5 Å². The Kier molecular flexibility index (Phi) is 4.35. The lowest BCUT2D eigenvalue weighted by Gasteiger charge is -2.11. The average Bonchev–Trinajstić information content (AvgIpc) is 2.41. The molecule has 2 aromatic rings. The normalized spacial score (nSPS) is 10.8. The van der Waals surface area contributed by atoms with Gasteiger partial charge in [-0.1, -0.05) is 33.6 Å². The Morgan fingerprint density at radius 1 is 1.35 bits per heavy atom. The van der Waals surface area contributed by atoms with E-state index in [2.05, 4.69) is 15.9 Å². The molecule has 0 spiro atoms. The molecule has 0 unspecified atom stereocenters. The number of rotatable bonds is 3. The molecule has 0 aliphatic rings. The summed E-state index contributed by atoms with van der Waals surface area (Å²) in [5.41, 5.74) is 5.47. The molecule has 7 heteroatoms. The highest BCUT2D eigenvalue weighted by Gasteiger charge is 2.11. The molecule has 1 heterocycles. The predicted octanol–water partition coefficient (Wildman–Crippen LogP) is 2.08. The number of aryl methyl sites for hydroxylation is 1. The fraction of sp³-hybridized carbons (Fsp3) is 0.231. The molecule has 0 fully saturated rings. The van der Waals surface area contributed by atoms with Crippen LogP contribution in [0.5, 0.6) is 0 Å². The van der Waals surface area contributed by atoms with Crippen molar-refractivity contribution in [3.63, 3.8) is 0 Å². The minimum atomic E-state index is -0.501. The summed E-state index contributed by atoms with van der Waals surface area (Å²) in [6.07, 6.45) is 1.37. The fourth-order valence-corrected chi connectivity index (χ4v) is 2.60. The molecule has 2 N–H and O–H groups in total. The fourth-order valence-electron chi connectivity index (χ4n) is 1.86. The standard InChI is InChI=1S/C13H13BrClN3O2/c1-2-17-7-11(16)12(19)18(13(17)20)6-8-3-4-9(14)5-10(8)15/h3-5,7H,2,6,16H2,1H3. The van der Waals surface area contributed by atoms with E-state index in [0.29, 0.717) is 17.1 Å². The van der Waals surface area contributed by atoms with E-state index in [-0.39, 0.29) is 12.2 Å². The van der Waals surface area contributed by atoms with E-state index >= 15 is 0 Å². The summed E-state index contributed by atoms with van der Waals surface area (Å²) in [5, 5.41) is 0.483. The van der Waals surface area contributed by atoms with Gasteiger partial charge in [-0.25, -0.2) is 4.79 Å². The van der Waals surface area contributed by atoms with Crippen LogP contribution in [0.4, 0.5) is 5.69 Å². The molecule has 0 bridgehead atoms. The quantitative estimate of drug-likeness (QED) is 0.913. The lowest BCUT2D eigenvalue weighted by molar-refractivity contribution is 0.603. The Labute approximate surface area is 128 Å². The first-order valence-electron chi connectivity index (χ1n) is 5.97. The number of hydrogen-bond acceptors (Lipinski definition) is 3. The number of nitrogens with zero attached hydrogens (tertiary/aromatic N) is 2. The number of anilines is 1. The van der Waals surface area contributed by atoms with Crippen molar-refractivity contribution in [3.05, 3.63) is 60.3 Å². The predicted molar refractivity (Wildman–Crippen MR) is 83.3 cm³/mol. The Morgan fingerprint density at radius 2 is 2.05 bits per heavy atom. The summed E-state index contributed by atoms with van der Waals surface area (Å²) in [6, 6.07) is 5.28. The van der Waals surface area contributed by atoms with Crippen molar-refractivity contribution in [2.75, 3.05) is 5.73 Å². The highest BCUT2D eigenvalue weighted by molar-refractivity contribution is 9.10. The number of halogens is 2. The smallest absolute Gasteiger partial charge is 0.331 e. The molecule has 0 saturated heterocycles. The average molecular weight is 359 g/mol. The third-order valence-electron chi connectivity index (χ3n) is 2.95. The number of nitrogen functional groups attached to an aromatic ring is 1. The zero-order valence-corrected chi connectivity index (χ0v) is 13.1. The van der Waals surface area contributed by atoms with E-state index in [9.17, 15) is 9.59 Å². The zero-order chi connectivity index (χ0) is 14.9. The molecule has 0 radical (unpaired) electrons. The van der Waals surface area contributed by atoms with Gasteiger partial charge in [-0.3, -0.25) is 13.9 Å². The van der Waals surface area contributed by atoms with Gasteiger partial charge in [0.2, 0.25) is 0 Å². The second-order valence-electron chi connectivity index (χ2n) is 4.28. The third kappa shape index (κ3) is 2.81. The second kappa shape index (κ2) is 5.85. The largest absolute Gasteiger partial charge is 0.393 e. The number of hydrogen-bond donors (Lipinski definition) is 1. The minimum absolute atomic E-state index is 0.0414. The number of benzene rings is 1. The zero-order valence-electron chi connectivity index (χ0n) is 10.8. The van der Waals surface area contributed by atoms with E-state index in [1.807, 2.05) is 6.92 Å². The first-order chi connectivity index (χ1) is 9.43. The van der Waals surface area contributed by atoms with E-state index in [1.54, 1.807) is 18.2 Å². The monoisotopic (exact) mass is 357 g/mol. The molecule has 0 aliphatic carbocycles. The van der Waals surface area contributed by atoms with Crippen LogP contribution in [-0.2, 0) is 13.1 Å². The molecule has 1 aromatic carbocycles. The lowest BCUT2D eigenvalue weighted by Crippen LogP contribution is -2.40. The molecule has 0 atom stereocenters. The van der Waals surface area contributed by atoms with Crippen molar-refractivity contribution in [1.29, 1.82) is 0 Å². The van der Waals surface area contributed by atoms with Crippen LogP contribution in [-0.4, -0.2) is 9.13 Å². The highest BCUT2D eigenvalue weighted by atomic mass is 79.9. The lowest BCUT2D eigenvalue weighted by atomic mass is 10.2. The Hall–Kier alpha value is -1.53. The molecule has 0 saturated carbocycles. The van der Waals surface area contributed by atoms with Crippen LogP contribution in [0, 0.1) is 0 Å². The van der Waals surface area contributed by atoms with Crippen LogP contribution in [0.3, 0.4) is 0 Å². The van der Waals surface area contributed by atoms with Crippen molar-refractivity contribution < 1.29 is 0 Å². The molecule has 0 amide bonds. The van der Waals surface area contributed by atoms with Gasteiger partial charge in [0.25, 0.3) is 5.56 Å². The maximum Gasteiger partial charge on any atom is 0.331 e. The van der Waals surface area contributed by atoms with Gasteiger partial charge in [0.15, 0.2) is 0 Å². The van der Waals surface area contributed by atoms with Crippen molar-refractivity contribution in [3.8, 4) is 0 Å². The first kappa shape index (κ1) is 14.9. The summed E-state index contributed by atoms with van der Waals surface area (Å²) in [7, 11) is 0. The van der Waals surface area contributed by atoms with Crippen LogP contribution < -0.4 is 17.0 Å². The van der Waals surface area contributed by atoms with E-state index < -0.39 is 11.2 Å². The SMILES string of the molecule is CCn1cc(N)c(=O)n(Cc2ccc(Br)cc2Cl)c1=O. The van der Waals surface area contributed by atoms with Gasteiger partial charge in [-0.2, -0.15) is 0 Å². The topological polar surface area (TPSA) is 70.0 Å². The summed E-state index contributed by atoms with van der Waals surface area (Å²) < 4.78 is 3.31. The summed E-state index contributed by atoms with van der Waals surface area (Å²) in [4.78, 5) is 24.2. The van der Waals surface area contributed by atoms with Gasteiger partial charge < -0.3 is 5.73 Å². The Morgan fingerprint density at radius 3 is 2.65 bits per heavy atom. The highest BCUT2D eigenvalue weighted by Crippen LogP contribution is 2.21.